The second-order valence-electron chi connectivity index (χ2n) is 29.7. The van der Waals surface area contributed by atoms with Gasteiger partial charge in [-0.1, -0.05) is 67.4 Å². The molecule has 1 saturated carbocycles. The Labute approximate surface area is 714 Å². The minimum atomic E-state index is -0.234. The monoisotopic (exact) mass is 1690 g/mol. The Hall–Kier alpha value is -15.1. The molecule has 2 unspecified atom stereocenters. The molecule has 24 rings (SSSR count). The van der Waals surface area contributed by atoms with Gasteiger partial charge in [-0.3, -0.25) is 25.7 Å². The largest absolute Gasteiger partial charge is 0.361 e. The maximum Gasteiger partial charge on any atom is 0.232 e. The Morgan fingerprint density at radius 3 is 1.47 bits per heavy atom. The van der Waals surface area contributed by atoms with Gasteiger partial charge < -0.3 is 41.8 Å². The van der Waals surface area contributed by atoms with Gasteiger partial charge in [-0.05, 0) is 198 Å². The van der Waals surface area contributed by atoms with Gasteiger partial charge in [-0.15, -0.1) is 45.3 Å². The summed E-state index contributed by atoms with van der Waals surface area (Å²) < 4.78 is 17.7. The van der Waals surface area contributed by atoms with Crippen LogP contribution < -0.4 is 42.1 Å². The smallest absolute Gasteiger partial charge is 0.232 e. The van der Waals surface area contributed by atoms with Gasteiger partial charge in [0.2, 0.25) is 29.7 Å². The molecule has 7 aromatic carbocycles. The minimum Gasteiger partial charge on any atom is -0.361 e. The van der Waals surface area contributed by atoms with E-state index < -0.39 is 0 Å². The van der Waals surface area contributed by atoms with Crippen LogP contribution in [0.25, 0.3) is 117 Å². The van der Waals surface area contributed by atoms with Crippen molar-refractivity contribution in [2.45, 2.75) is 51.0 Å². The zero-order valence-corrected chi connectivity index (χ0v) is 68.6. The molecule has 1 aliphatic carbocycles. The topological polar surface area (TPSA) is 360 Å². The number of aromatic amines is 5. The number of rotatable bonds is 18. The van der Waals surface area contributed by atoms with E-state index in [2.05, 4.69) is 154 Å². The minimum absolute atomic E-state index is 0.234. The molecule has 0 amide bonds. The summed E-state index contributed by atoms with van der Waals surface area (Å²) in [6, 6.07) is 59.7. The van der Waals surface area contributed by atoms with E-state index >= 15 is 0 Å². The summed E-state index contributed by atoms with van der Waals surface area (Å²) in [6.07, 6.45) is 21.4. The normalized spacial score (nSPS) is 13.9. The maximum atomic E-state index is 13.6. The van der Waals surface area contributed by atoms with E-state index in [9.17, 15) is 4.39 Å². The zero-order chi connectivity index (χ0) is 81.9. The fourth-order valence-electron chi connectivity index (χ4n) is 15.8. The molecule has 22 aromatic rings. The summed E-state index contributed by atoms with van der Waals surface area (Å²) >= 11 is 6.48. The van der Waals surface area contributed by atoms with Crippen LogP contribution in [0, 0.1) is 11.7 Å². The third kappa shape index (κ3) is 16.4. The molecule has 604 valence electrons. The van der Waals surface area contributed by atoms with E-state index in [1.54, 1.807) is 82.3 Å². The Kier molecular flexibility index (Phi) is 20.6. The van der Waals surface area contributed by atoms with Gasteiger partial charge in [0, 0.05) is 104 Å². The van der Waals surface area contributed by atoms with E-state index in [4.69, 9.17) is 24.9 Å². The van der Waals surface area contributed by atoms with Gasteiger partial charge >= 0.3 is 0 Å². The van der Waals surface area contributed by atoms with Gasteiger partial charge in [0.1, 0.15) is 11.6 Å². The summed E-state index contributed by atoms with van der Waals surface area (Å²) in [6.45, 7) is 1.69. The van der Waals surface area contributed by atoms with Crippen molar-refractivity contribution in [3.05, 3.63) is 258 Å². The second-order valence-corrected chi connectivity index (χ2v) is 33.4. The average Bonchev–Trinajstić information content (AvgIpc) is 1.76. The van der Waals surface area contributed by atoms with Gasteiger partial charge in [-0.2, -0.15) is 40.3 Å². The average molecular weight is 1690 g/mol. The van der Waals surface area contributed by atoms with Crippen LogP contribution in [0.4, 0.5) is 86.0 Å². The highest BCUT2D eigenvalue weighted by molar-refractivity contribution is 7.18. The molecule has 16 heterocycles. The lowest BCUT2D eigenvalue weighted by Crippen LogP contribution is -2.47. The molecule has 0 spiro atoms. The number of benzene rings is 7. The number of aromatic nitrogens is 20. The molecule has 123 heavy (non-hydrogen) atoms. The highest BCUT2D eigenvalue weighted by atomic mass is 32.1. The highest BCUT2D eigenvalue weighted by Gasteiger charge is 2.35. The van der Waals surface area contributed by atoms with Crippen molar-refractivity contribution in [2.75, 3.05) is 55.2 Å². The molecule has 15 aromatic heterocycles. The van der Waals surface area contributed by atoms with Crippen molar-refractivity contribution in [1.29, 1.82) is 0 Å². The van der Waals surface area contributed by atoms with Crippen LogP contribution >= 0.6 is 45.3 Å². The summed E-state index contributed by atoms with van der Waals surface area (Å²) in [4.78, 5) is 57.2. The van der Waals surface area contributed by atoms with Crippen LogP contribution in [0.15, 0.2) is 247 Å². The molecular weight excluding hydrogens is 1620 g/mol. The molecule has 2 fully saturated rings. The Bertz CT molecular complexity index is 7550. The summed E-state index contributed by atoms with van der Waals surface area (Å²) in [7, 11) is 0. The van der Waals surface area contributed by atoms with E-state index in [0.717, 1.165) is 187 Å². The lowest BCUT2D eigenvalue weighted by molar-refractivity contribution is 0.241. The number of H-pyrrole nitrogens is 5. The van der Waals surface area contributed by atoms with Crippen LogP contribution in [-0.2, 0) is 6.42 Å². The number of anilines is 14. The molecular formula is C90H73FN28S4. The number of halogens is 1. The number of fused-ring (bicyclic) bond motifs is 11. The number of nitrogens with one attached hydrogen (secondary N) is 12. The molecule has 0 bridgehead atoms. The van der Waals surface area contributed by atoms with Gasteiger partial charge in [-0.25, -0.2) is 39.3 Å². The number of hydrogen-bond acceptors (Lipinski definition) is 27. The predicted octanol–water partition coefficient (Wildman–Crippen LogP) is 22.2. The number of piperidine rings is 1. The first kappa shape index (κ1) is 75.4. The van der Waals surface area contributed by atoms with Crippen molar-refractivity contribution in [3.8, 4) is 11.3 Å². The third-order valence-electron chi connectivity index (χ3n) is 21.7. The zero-order valence-electron chi connectivity index (χ0n) is 65.4. The van der Waals surface area contributed by atoms with Crippen LogP contribution in [0.2, 0.25) is 0 Å². The van der Waals surface area contributed by atoms with Crippen LogP contribution in [0.1, 0.15) is 44.1 Å². The SMILES string of the molecule is Fc1ccc2[nH]cc(CCNc3nc(Nc4ccc5[nH]ncc5c4)c4sccc4n3)c2c1.c1cc2nc(N3CCCC4CCCCC43)nc(Nc3ccc4[nH]ncc4c3)c2s1.c1ccc(-c2ccnc(Nc3nc(Nc4ccc5[nH]ncc5c4)c4sccc4n3)n2)cc1.c1ccc2cc(Nc3nc(Nc4ccc5[nH]ncc5c4)c4sccc4n3)ncc2c1. The van der Waals surface area contributed by atoms with E-state index in [0.29, 0.717) is 48.6 Å². The molecule has 2 aliphatic rings. The van der Waals surface area contributed by atoms with E-state index in [-0.39, 0.29) is 5.82 Å². The second kappa shape index (κ2) is 33.6. The van der Waals surface area contributed by atoms with E-state index in [1.807, 2.05) is 168 Å². The molecule has 0 radical (unpaired) electrons. The molecule has 1 aliphatic heterocycles. The first-order valence-corrected chi connectivity index (χ1v) is 43.6. The van der Waals surface area contributed by atoms with Crippen molar-refractivity contribution in [3.63, 3.8) is 0 Å². The standard InChI is InChI=1S/C23H18FN7S.C23H16N8S.C22H15N7S.C22H24N6S/c24-15-1-3-19-17(10-15)13(11-26-19)5-7-25-23-29-20-6-8-32-21(20)22(30-23)28-16-2-4-18-14(9-16)12-27-31-18;1-2-4-14(5-3-1)17-8-10-24-22(27-17)30-23-28-19-9-11-32-20(19)21(29-23)26-16-6-7-18-15(12-16)13-25-31-18;1-2-4-14-11-23-19(10-13(14)3-1)27-22-26-18-7-8-30-20(18)21(28-22)25-16-5-6-17-15(9-16)12-24-29-17;1-2-6-19-14(4-1)5-3-10-28(19)22-25-18-9-11-29-20(18)21(26-22)24-16-7-8-17-15(12-16)13-23-27-17/h1-4,6,8-12,26H,5,7H2,(H,27,31)(H2,25,28,29,30);1-13H,(H,25,31)(H2,24,26,27,28,29,30);1-12H,(H,24,29)(H2,23,25,26,27,28);7-9,11-14,19H,1-6,10H2,(H,23,27)(H,24,25,26). The number of hydrogen-bond donors (Lipinski definition) is 12. The first-order valence-electron chi connectivity index (χ1n) is 40.1. The summed E-state index contributed by atoms with van der Waals surface area (Å²) in [5.41, 5.74) is 15.3. The molecule has 1 saturated heterocycles. The summed E-state index contributed by atoms with van der Waals surface area (Å²) in [5.74, 6) is 7.19. The van der Waals surface area contributed by atoms with Crippen LogP contribution in [-0.4, -0.2) is 120 Å². The fraction of sp³-hybridized carbons (Fsp3) is 0.122. The van der Waals surface area contributed by atoms with Gasteiger partial charge in [0.25, 0.3) is 0 Å². The van der Waals surface area contributed by atoms with E-state index in [1.165, 1.54) is 44.6 Å². The van der Waals surface area contributed by atoms with Crippen molar-refractivity contribution in [2.24, 2.45) is 5.92 Å². The fourth-order valence-corrected chi connectivity index (χ4v) is 18.9. The van der Waals surface area contributed by atoms with Crippen molar-refractivity contribution in [1.82, 2.24) is 101 Å². The highest BCUT2D eigenvalue weighted by Crippen LogP contribution is 2.41. The number of thiophene rings is 4. The lowest BCUT2D eigenvalue weighted by atomic mass is 9.78. The van der Waals surface area contributed by atoms with Crippen LogP contribution in [0.5, 0.6) is 0 Å². The Morgan fingerprint density at radius 2 is 0.894 bits per heavy atom. The van der Waals surface area contributed by atoms with Crippen molar-refractivity contribution >= 4 is 233 Å². The maximum absolute atomic E-state index is 13.6. The molecule has 12 N–H and O–H groups in total. The van der Waals surface area contributed by atoms with Crippen LogP contribution in [0.3, 0.4) is 0 Å². The first-order chi connectivity index (χ1) is 60.7. The number of nitrogens with zero attached hydrogens (tertiary/aromatic N) is 16. The van der Waals surface area contributed by atoms with Gasteiger partial charge in [0.15, 0.2) is 23.3 Å². The molecule has 28 nitrogen and oxygen atoms in total. The third-order valence-corrected chi connectivity index (χ3v) is 25.4. The van der Waals surface area contributed by atoms with Gasteiger partial charge in [0.05, 0.1) is 93.4 Å². The predicted molar refractivity (Wildman–Crippen MR) is 496 cm³/mol. The Balaban J connectivity index is 0.000000101. The quantitative estimate of drug-likeness (QED) is 0.0380. The number of pyridine rings is 1. The summed E-state index contributed by atoms with van der Waals surface area (Å²) in [5, 5.41) is 67.2. The Morgan fingerprint density at radius 1 is 0.398 bits per heavy atom. The lowest BCUT2D eigenvalue weighted by Gasteiger charge is -2.44. The molecule has 2 atom stereocenters. The van der Waals surface area contributed by atoms with Crippen molar-refractivity contribution < 1.29 is 4.39 Å². The molecule has 33 heteroatoms.